The molecule has 0 aliphatic rings. The van der Waals surface area contributed by atoms with E-state index in [1.165, 1.54) is 18.3 Å². The molecule has 7 nitrogen and oxygen atoms in total. The fourth-order valence-electron chi connectivity index (χ4n) is 2.27. The standard InChI is InChI=1S/C18H14ClN5O2S/c1-27(25,26)15-7-5-12(6-8-15)11-21-17-16(10-20)18(24-23-17)22-14-4-2-3-13(19)9-14/h2-9,11H,1H3,(H2,22,23,24). The van der Waals surface area contributed by atoms with E-state index in [2.05, 4.69) is 26.6 Å². The number of aromatic amines is 1. The molecule has 0 amide bonds. The molecular formula is C18H14ClN5O2S. The van der Waals surface area contributed by atoms with Gasteiger partial charge in [0, 0.05) is 23.2 Å². The van der Waals surface area contributed by atoms with Crippen LogP contribution in [0.3, 0.4) is 0 Å². The first kappa shape index (κ1) is 18.6. The molecule has 9 heteroatoms. The van der Waals surface area contributed by atoms with Gasteiger partial charge in [-0.25, -0.2) is 13.4 Å². The van der Waals surface area contributed by atoms with Gasteiger partial charge in [0.05, 0.1) is 4.90 Å². The monoisotopic (exact) mass is 399 g/mol. The van der Waals surface area contributed by atoms with Crippen LogP contribution in [-0.4, -0.2) is 31.1 Å². The minimum atomic E-state index is -3.25. The summed E-state index contributed by atoms with van der Waals surface area (Å²) < 4.78 is 23.0. The zero-order chi connectivity index (χ0) is 19.4. The highest BCUT2D eigenvalue weighted by molar-refractivity contribution is 7.90. The van der Waals surface area contributed by atoms with Gasteiger partial charge in [0.25, 0.3) is 0 Å². The van der Waals surface area contributed by atoms with Crippen molar-refractivity contribution in [2.24, 2.45) is 4.99 Å². The van der Waals surface area contributed by atoms with E-state index in [1.807, 2.05) is 0 Å². The van der Waals surface area contributed by atoms with Crippen LogP contribution >= 0.6 is 11.6 Å². The summed E-state index contributed by atoms with van der Waals surface area (Å²) in [6, 6.07) is 15.4. The molecule has 1 heterocycles. The molecular weight excluding hydrogens is 386 g/mol. The Morgan fingerprint density at radius 2 is 2.00 bits per heavy atom. The Bertz CT molecular complexity index is 1150. The van der Waals surface area contributed by atoms with Gasteiger partial charge < -0.3 is 5.32 Å². The highest BCUT2D eigenvalue weighted by Crippen LogP contribution is 2.26. The lowest BCUT2D eigenvalue weighted by Gasteiger charge is -2.03. The fraction of sp³-hybridized carbons (Fsp3) is 0.0556. The molecule has 0 spiro atoms. The maximum absolute atomic E-state index is 11.5. The van der Waals surface area contributed by atoms with Gasteiger partial charge in [0.15, 0.2) is 15.7 Å². The first-order chi connectivity index (χ1) is 12.9. The van der Waals surface area contributed by atoms with Crippen LogP contribution in [0.4, 0.5) is 17.3 Å². The number of H-pyrrole nitrogens is 1. The third-order valence-electron chi connectivity index (χ3n) is 3.60. The van der Waals surface area contributed by atoms with Gasteiger partial charge in [0.1, 0.15) is 17.5 Å². The number of nitriles is 1. The Balaban J connectivity index is 1.82. The van der Waals surface area contributed by atoms with Crippen molar-refractivity contribution in [3.63, 3.8) is 0 Å². The SMILES string of the molecule is CS(=O)(=O)c1ccc(C=Nc2n[nH]c(Nc3cccc(Cl)c3)c2C#N)cc1. The van der Waals surface area contributed by atoms with E-state index in [0.717, 1.165) is 6.26 Å². The molecule has 0 saturated carbocycles. The predicted molar refractivity (Wildman–Crippen MR) is 105 cm³/mol. The first-order valence-corrected chi connectivity index (χ1v) is 9.99. The second kappa shape index (κ2) is 7.61. The van der Waals surface area contributed by atoms with Crippen molar-refractivity contribution in [3.8, 4) is 6.07 Å². The number of sulfone groups is 1. The lowest BCUT2D eigenvalue weighted by atomic mass is 10.2. The van der Waals surface area contributed by atoms with E-state index < -0.39 is 9.84 Å². The van der Waals surface area contributed by atoms with Crippen LogP contribution in [0.1, 0.15) is 11.1 Å². The van der Waals surface area contributed by atoms with E-state index >= 15 is 0 Å². The number of rotatable bonds is 5. The lowest BCUT2D eigenvalue weighted by Crippen LogP contribution is -1.96. The summed E-state index contributed by atoms with van der Waals surface area (Å²) >= 11 is 5.95. The van der Waals surface area contributed by atoms with Gasteiger partial charge in [-0.05, 0) is 35.9 Å². The van der Waals surface area contributed by atoms with Crippen molar-refractivity contribution in [1.82, 2.24) is 10.2 Å². The summed E-state index contributed by atoms with van der Waals surface area (Å²) in [5.41, 5.74) is 1.63. The van der Waals surface area contributed by atoms with Gasteiger partial charge in [-0.15, -0.1) is 0 Å². The van der Waals surface area contributed by atoms with Crippen LogP contribution < -0.4 is 5.32 Å². The molecule has 0 saturated heterocycles. The maximum Gasteiger partial charge on any atom is 0.193 e. The molecule has 136 valence electrons. The summed E-state index contributed by atoms with van der Waals surface area (Å²) in [5.74, 6) is 0.619. The summed E-state index contributed by atoms with van der Waals surface area (Å²) in [7, 11) is -3.25. The molecule has 27 heavy (non-hydrogen) atoms. The largest absolute Gasteiger partial charge is 0.339 e. The molecule has 0 fully saturated rings. The molecule has 3 rings (SSSR count). The zero-order valence-corrected chi connectivity index (χ0v) is 15.7. The number of hydrogen-bond donors (Lipinski definition) is 2. The average molecular weight is 400 g/mol. The fourth-order valence-corrected chi connectivity index (χ4v) is 3.09. The van der Waals surface area contributed by atoms with E-state index in [1.54, 1.807) is 36.4 Å². The zero-order valence-electron chi connectivity index (χ0n) is 14.1. The first-order valence-electron chi connectivity index (χ1n) is 7.72. The molecule has 0 radical (unpaired) electrons. The topological polar surface area (TPSA) is 111 Å². The smallest absolute Gasteiger partial charge is 0.193 e. The molecule has 0 atom stereocenters. The van der Waals surface area contributed by atoms with Crippen molar-refractivity contribution in [1.29, 1.82) is 5.26 Å². The van der Waals surface area contributed by atoms with Crippen molar-refractivity contribution in [2.75, 3.05) is 11.6 Å². The summed E-state index contributed by atoms with van der Waals surface area (Å²) in [4.78, 5) is 4.44. The molecule has 0 bridgehead atoms. The number of halogens is 1. The summed E-state index contributed by atoms with van der Waals surface area (Å²) in [6.45, 7) is 0. The predicted octanol–water partition coefficient (Wildman–Crippen LogP) is 3.83. The molecule has 3 aromatic rings. The maximum atomic E-state index is 11.5. The summed E-state index contributed by atoms with van der Waals surface area (Å²) in [5, 5.41) is 19.8. The Kier molecular flexibility index (Phi) is 5.26. The van der Waals surface area contributed by atoms with Gasteiger partial charge in [-0.3, -0.25) is 5.10 Å². The van der Waals surface area contributed by atoms with Crippen LogP contribution in [0.25, 0.3) is 0 Å². The Hall–Kier alpha value is -3.15. The normalized spacial score (nSPS) is 11.4. The third-order valence-corrected chi connectivity index (χ3v) is 4.96. The second-order valence-corrected chi connectivity index (χ2v) is 8.10. The molecule has 0 aliphatic heterocycles. The van der Waals surface area contributed by atoms with E-state index in [4.69, 9.17) is 11.6 Å². The van der Waals surface area contributed by atoms with Crippen LogP contribution in [0.2, 0.25) is 5.02 Å². The Morgan fingerprint density at radius 3 is 2.63 bits per heavy atom. The minimum absolute atomic E-state index is 0.217. The molecule has 2 aromatic carbocycles. The Morgan fingerprint density at radius 1 is 1.26 bits per heavy atom. The van der Waals surface area contributed by atoms with Crippen LogP contribution in [0, 0.1) is 11.3 Å². The molecule has 2 N–H and O–H groups in total. The van der Waals surface area contributed by atoms with Crippen molar-refractivity contribution in [3.05, 3.63) is 64.7 Å². The van der Waals surface area contributed by atoms with Crippen LogP contribution in [0.15, 0.2) is 58.4 Å². The van der Waals surface area contributed by atoms with Gasteiger partial charge in [-0.2, -0.15) is 10.4 Å². The van der Waals surface area contributed by atoms with Crippen molar-refractivity contribution < 1.29 is 8.42 Å². The highest BCUT2D eigenvalue weighted by Gasteiger charge is 2.12. The van der Waals surface area contributed by atoms with Gasteiger partial charge >= 0.3 is 0 Å². The van der Waals surface area contributed by atoms with Gasteiger partial charge in [-0.1, -0.05) is 29.8 Å². The molecule has 0 aliphatic carbocycles. The van der Waals surface area contributed by atoms with E-state index in [9.17, 15) is 13.7 Å². The number of anilines is 2. The lowest BCUT2D eigenvalue weighted by molar-refractivity contribution is 0.602. The Labute approximate surface area is 161 Å². The van der Waals surface area contributed by atoms with Gasteiger partial charge in [0.2, 0.25) is 0 Å². The second-order valence-electron chi connectivity index (χ2n) is 5.64. The van der Waals surface area contributed by atoms with E-state index in [-0.39, 0.29) is 16.3 Å². The number of nitrogens with one attached hydrogen (secondary N) is 2. The molecule has 0 unspecified atom stereocenters. The number of hydrogen-bond acceptors (Lipinski definition) is 6. The quantitative estimate of drug-likeness (QED) is 0.633. The highest BCUT2D eigenvalue weighted by atomic mass is 35.5. The number of aliphatic imine (C=N–C) groups is 1. The van der Waals surface area contributed by atoms with Crippen LogP contribution in [0.5, 0.6) is 0 Å². The summed E-state index contributed by atoms with van der Waals surface area (Å²) in [6.07, 6.45) is 2.65. The van der Waals surface area contributed by atoms with Crippen molar-refractivity contribution in [2.45, 2.75) is 4.90 Å². The number of nitrogens with zero attached hydrogens (tertiary/aromatic N) is 3. The molecule has 1 aromatic heterocycles. The van der Waals surface area contributed by atoms with Crippen molar-refractivity contribution >= 4 is 45.0 Å². The third kappa shape index (κ3) is 4.53. The average Bonchev–Trinajstić information content (AvgIpc) is 3.01. The number of aromatic nitrogens is 2. The minimum Gasteiger partial charge on any atom is -0.339 e. The van der Waals surface area contributed by atoms with E-state index in [0.29, 0.717) is 22.1 Å². The van der Waals surface area contributed by atoms with Crippen LogP contribution in [-0.2, 0) is 9.84 Å². The number of benzene rings is 2.